The lowest BCUT2D eigenvalue weighted by Gasteiger charge is -2.42. The van der Waals surface area contributed by atoms with Gasteiger partial charge in [0.1, 0.15) is 0 Å². The summed E-state index contributed by atoms with van der Waals surface area (Å²) >= 11 is 0. The highest BCUT2D eigenvalue weighted by Crippen LogP contribution is 2.28. The number of nitrogens with one attached hydrogen (secondary N) is 1. The molecular weight excluding hydrogens is 196 g/mol. The third-order valence-electron chi connectivity index (χ3n) is 4.50. The highest BCUT2D eigenvalue weighted by molar-refractivity contribution is 4.96. The number of likely N-dealkylation sites (N-methyl/N-ethyl adjacent to an activating group) is 1. The molecule has 1 atom stereocenters. The van der Waals surface area contributed by atoms with Crippen molar-refractivity contribution >= 4 is 0 Å². The van der Waals surface area contributed by atoms with Crippen LogP contribution in [0.15, 0.2) is 0 Å². The topological polar surface area (TPSA) is 15.3 Å². The first-order valence-electron chi connectivity index (χ1n) is 6.92. The summed E-state index contributed by atoms with van der Waals surface area (Å²) in [5, 5.41) is 3.76. The van der Waals surface area contributed by atoms with Crippen LogP contribution in [0.4, 0.5) is 0 Å². The third kappa shape index (κ3) is 3.21. The fourth-order valence-electron chi connectivity index (χ4n) is 2.71. The summed E-state index contributed by atoms with van der Waals surface area (Å²) in [7, 11) is 2.28. The molecule has 0 saturated carbocycles. The molecule has 0 aromatic carbocycles. The van der Waals surface area contributed by atoms with Gasteiger partial charge in [0, 0.05) is 17.6 Å². The van der Waals surface area contributed by atoms with Crippen LogP contribution in [0.2, 0.25) is 0 Å². The van der Waals surface area contributed by atoms with E-state index in [0.717, 1.165) is 0 Å². The molecule has 1 aliphatic rings. The predicted molar refractivity (Wildman–Crippen MR) is 71.9 cm³/mol. The van der Waals surface area contributed by atoms with E-state index in [1.807, 2.05) is 0 Å². The molecule has 2 heteroatoms. The molecule has 1 aliphatic heterocycles. The van der Waals surface area contributed by atoms with E-state index in [0.29, 0.717) is 11.1 Å². The highest BCUT2D eigenvalue weighted by Gasteiger charge is 2.36. The lowest BCUT2D eigenvalue weighted by atomic mass is 9.89. The quantitative estimate of drug-likeness (QED) is 0.749. The van der Waals surface area contributed by atoms with Crippen LogP contribution < -0.4 is 5.32 Å². The van der Waals surface area contributed by atoms with Gasteiger partial charge in [-0.3, -0.25) is 4.90 Å². The molecule has 2 nitrogen and oxygen atoms in total. The Hall–Kier alpha value is -0.0800. The molecular formula is C14H30N2. The van der Waals surface area contributed by atoms with Crippen LogP contribution in [0.5, 0.6) is 0 Å². The van der Waals surface area contributed by atoms with Gasteiger partial charge in [0.15, 0.2) is 0 Å². The van der Waals surface area contributed by atoms with Crippen LogP contribution in [0.3, 0.4) is 0 Å². The summed E-state index contributed by atoms with van der Waals surface area (Å²) in [5.41, 5.74) is 0.723. The first-order valence-corrected chi connectivity index (χ1v) is 6.92. The van der Waals surface area contributed by atoms with Crippen LogP contribution in [0.1, 0.15) is 59.8 Å². The van der Waals surface area contributed by atoms with Gasteiger partial charge >= 0.3 is 0 Å². The molecule has 0 radical (unpaired) electrons. The monoisotopic (exact) mass is 226 g/mol. The summed E-state index contributed by atoms with van der Waals surface area (Å²) in [4.78, 5) is 2.54. The largest absolute Gasteiger partial charge is 0.310 e. The molecule has 1 rings (SSSR count). The Morgan fingerprint density at radius 2 is 2.00 bits per heavy atom. The van der Waals surface area contributed by atoms with E-state index in [-0.39, 0.29) is 0 Å². The second-order valence-electron chi connectivity index (χ2n) is 6.08. The Labute approximate surface area is 102 Å². The van der Waals surface area contributed by atoms with E-state index in [2.05, 4.69) is 45.0 Å². The summed E-state index contributed by atoms with van der Waals surface area (Å²) in [5.74, 6) is 0. The zero-order valence-electron chi connectivity index (χ0n) is 11.9. The molecule has 1 fully saturated rings. The van der Waals surface area contributed by atoms with Crippen LogP contribution >= 0.6 is 0 Å². The molecule has 0 amide bonds. The Bertz CT molecular complexity index is 205. The van der Waals surface area contributed by atoms with Gasteiger partial charge in [0.05, 0.1) is 0 Å². The predicted octanol–water partition coefficient (Wildman–Crippen LogP) is 3.03. The van der Waals surface area contributed by atoms with Crippen LogP contribution in [-0.2, 0) is 0 Å². The molecule has 0 aromatic heterocycles. The normalized spacial score (nSPS) is 26.6. The van der Waals surface area contributed by atoms with E-state index in [1.165, 1.54) is 45.2 Å². The van der Waals surface area contributed by atoms with Crippen molar-refractivity contribution in [1.82, 2.24) is 10.2 Å². The van der Waals surface area contributed by atoms with E-state index in [9.17, 15) is 0 Å². The SMILES string of the molecule is CCCC1(CN(C)C(C)(C)CC)CCCN1. The van der Waals surface area contributed by atoms with Crippen molar-refractivity contribution in [2.75, 3.05) is 20.1 Å². The maximum Gasteiger partial charge on any atom is 0.0309 e. The second-order valence-corrected chi connectivity index (χ2v) is 6.08. The number of nitrogens with zero attached hydrogens (tertiary/aromatic N) is 1. The number of hydrogen-bond donors (Lipinski definition) is 1. The molecule has 1 unspecified atom stereocenters. The van der Waals surface area contributed by atoms with Crippen LogP contribution in [0, 0.1) is 0 Å². The van der Waals surface area contributed by atoms with Crippen molar-refractivity contribution in [3.63, 3.8) is 0 Å². The van der Waals surface area contributed by atoms with Crippen molar-refractivity contribution in [1.29, 1.82) is 0 Å². The summed E-state index contributed by atoms with van der Waals surface area (Å²) in [6.45, 7) is 11.7. The Kier molecular flexibility index (Phi) is 4.81. The zero-order chi connectivity index (χ0) is 12.2. The van der Waals surface area contributed by atoms with E-state index in [4.69, 9.17) is 0 Å². The molecule has 16 heavy (non-hydrogen) atoms. The summed E-state index contributed by atoms with van der Waals surface area (Å²) in [6, 6.07) is 0. The van der Waals surface area contributed by atoms with Gasteiger partial charge in [-0.15, -0.1) is 0 Å². The fourth-order valence-corrected chi connectivity index (χ4v) is 2.71. The van der Waals surface area contributed by atoms with E-state index in [1.54, 1.807) is 0 Å². The minimum Gasteiger partial charge on any atom is -0.310 e. The number of hydrogen-bond acceptors (Lipinski definition) is 2. The Balaban J connectivity index is 2.61. The number of rotatable bonds is 6. The van der Waals surface area contributed by atoms with Gasteiger partial charge in [0.25, 0.3) is 0 Å². The lowest BCUT2D eigenvalue weighted by molar-refractivity contribution is 0.104. The minimum atomic E-state index is 0.324. The minimum absolute atomic E-state index is 0.324. The molecule has 1 N–H and O–H groups in total. The molecule has 0 aliphatic carbocycles. The molecule has 0 bridgehead atoms. The van der Waals surface area contributed by atoms with Crippen LogP contribution in [-0.4, -0.2) is 36.1 Å². The highest BCUT2D eigenvalue weighted by atomic mass is 15.2. The molecule has 0 aromatic rings. The average Bonchev–Trinajstić information content (AvgIpc) is 2.67. The van der Waals surface area contributed by atoms with Gasteiger partial charge in [0.2, 0.25) is 0 Å². The van der Waals surface area contributed by atoms with Crippen molar-refractivity contribution in [2.45, 2.75) is 70.9 Å². The Morgan fingerprint density at radius 3 is 2.44 bits per heavy atom. The van der Waals surface area contributed by atoms with Crippen LogP contribution in [0.25, 0.3) is 0 Å². The molecule has 1 saturated heterocycles. The maximum atomic E-state index is 3.76. The van der Waals surface area contributed by atoms with Gasteiger partial charge < -0.3 is 5.32 Å². The van der Waals surface area contributed by atoms with Gasteiger partial charge in [-0.25, -0.2) is 0 Å². The van der Waals surface area contributed by atoms with E-state index < -0.39 is 0 Å². The molecule has 1 heterocycles. The smallest absolute Gasteiger partial charge is 0.0309 e. The van der Waals surface area contributed by atoms with Gasteiger partial charge in [-0.2, -0.15) is 0 Å². The zero-order valence-corrected chi connectivity index (χ0v) is 11.9. The first-order chi connectivity index (χ1) is 7.46. The van der Waals surface area contributed by atoms with Crippen molar-refractivity contribution in [3.05, 3.63) is 0 Å². The average molecular weight is 226 g/mol. The third-order valence-corrected chi connectivity index (χ3v) is 4.50. The van der Waals surface area contributed by atoms with Crippen molar-refractivity contribution in [3.8, 4) is 0 Å². The first kappa shape index (κ1) is 14.0. The van der Waals surface area contributed by atoms with E-state index >= 15 is 0 Å². The fraction of sp³-hybridized carbons (Fsp3) is 1.00. The van der Waals surface area contributed by atoms with Crippen molar-refractivity contribution < 1.29 is 0 Å². The second kappa shape index (κ2) is 5.50. The summed E-state index contributed by atoms with van der Waals surface area (Å²) in [6.07, 6.45) is 6.52. The maximum absolute atomic E-state index is 3.76. The molecule has 96 valence electrons. The molecule has 0 spiro atoms. The van der Waals surface area contributed by atoms with Gasteiger partial charge in [-0.1, -0.05) is 20.3 Å². The standard InChI is InChI=1S/C14H30N2/c1-6-9-14(10-8-11-15-14)12-16(5)13(3,4)7-2/h15H,6-12H2,1-5H3. The lowest BCUT2D eigenvalue weighted by Crippen LogP contribution is -2.54. The van der Waals surface area contributed by atoms with Crippen molar-refractivity contribution in [2.24, 2.45) is 0 Å². The van der Waals surface area contributed by atoms with Gasteiger partial charge in [-0.05, 0) is 53.1 Å². The Morgan fingerprint density at radius 1 is 1.31 bits per heavy atom. The summed E-state index contributed by atoms with van der Waals surface area (Å²) < 4.78 is 0.